The van der Waals surface area contributed by atoms with Gasteiger partial charge in [-0.3, -0.25) is 9.59 Å². The van der Waals surface area contributed by atoms with Crippen molar-refractivity contribution in [2.75, 3.05) is 38.2 Å². The molecular formula is C21H26N4O3. The van der Waals surface area contributed by atoms with E-state index in [1.165, 1.54) is 0 Å². The zero-order valence-electron chi connectivity index (χ0n) is 16.1. The van der Waals surface area contributed by atoms with E-state index in [0.29, 0.717) is 39.3 Å². The van der Waals surface area contributed by atoms with Crippen LogP contribution >= 0.6 is 0 Å². The fraction of sp³-hybridized carbons (Fsp3) is 0.333. The van der Waals surface area contributed by atoms with Crippen molar-refractivity contribution in [1.82, 2.24) is 10.2 Å². The minimum Gasteiger partial charge on any atom is -0.495 e. The summed E-state index contributed by atoms with van der Waals surface area (Å²) in [7, 11) is 1.65. The lowest BCUT2D eigenvalue weighted by atomic mass is 10.1. The monoisotopic (exact) mass is 382 g/mol. The molecule has 1 saturated heterocycles. The lowest BCUT2D eigenvalue weighted by molar-refractivity contribution is -0.146. The standard InChI is InChI=1S/C21H26N4O3/c1-28-19-8-3-2-7-18(19)24-9-11-25(12-10-24)21(27)20(26)23-15-17-6-4-5-16(13-17)14-22/h2-8,13H,9-12,14-15,22H2,1H3,(H,23,26). The summed E-state index contributed by atoms with van der Waals surface area (Å²) in [6.07, 6.45) is 0. The van der Waals surface area contributed by atoms with E-state index < -0.39 is 11.8 Å². The van der Waals surface area contributed by atoms with Crippen LogP contribution < -0.4 is 20.7 Å². The van der Waals surface area contributed by atoms with Gasteiger partial charge < -0.3 is 25.6 Å². The second-order valence-electron chi connectivity index (χ2n) is 6.66. The zero-order chi connectivity index (χ0) is 19.9. The maximum absolute atomic E-state index is 12.5. The molecule has 1 aliphatic heterocycles. The summed E-state index contributed by atoms with van der Waals surface area (Å²) in [5.74, 6) is -0.265. The van der Waals surface area contributed by atoms with Crippen LogP contribution in [0.25, 0.3) is 0 Å². The van der Waals surface area contributed by atoms with Crippen molar-refractivity contribution in [2.24, 2.45) is 5.73 Å². The maximum Gasteiger partial charge on any atom is 0.312 e. The van der Waals surface area contributed by atoms with Crippen LogP contribution in [0.1, 0.15) is 11.1 Å². The van der Waals surface area contributed by atoms with Crippen molar-refractivity contribution in [3.05, 3.63) is 59.7 Å². The Kier molecular flexibility index (Phi) is 6.49. The van der Waals surface area contributed by atoms with E-state index in [9.17, 15) is 9.59 Å². The molecule has 0 spiro atoms. The van der Waals surface area contributed by atoms with Crippen LogP contribution in [0.2, 0.25) is 0 Å². The first-order valence-corrected chi connectivity index (χ1v) is 9.35. The van der Waals surface area contributed by atoms with Crippen LogP contribution in [0.5, 0.6) is 5.75 Å². The second-order valence-corrected chi connectivity index (χ2v) is 6.66. The highest BCUT2D eigenvalue weighted by molar-refractivity contribution is 6.35. The molecule has 1 heterocycles. The number of hydrogen-bond donors (Lipinski definition) is 2. The summed E-state index contributed by atoms with van der Waals surface area (Å²) in [5.41, 5.74) is 8.55. The number of piperazine rings is 1. The van der Waals surface area contributed by atoms with Gasteiger partial charge in [-0.05, 0) is 23.3 Å². The van der Waals surface area contributed by atoms with E-state index in [2.05, 4.69) is 10.2 Å². The van der Waals surface area contributed by atoms with Gasteiger partial charge in [0.1, 0.15) is 5.75 Å². The van der Waals surface area contributed by atoms with E-state index in [4.69, 9.17) is 10.5 Å². The molecule has 1 aliphatic rings. The molecule has 7 heteroatoms. The Morgan fingerprint density at radius 1 is 1.04 bits per heavy atom. The Hall–Kier alpha value is -3.06. The fourth-order valence-corrected chi connectivity index (χ4v) is 3.31. The number of hydrogen-bond acceptors (Lipinski definition) is 5. The normalized spacial score (nSPS) is 13.9. The number of anilines is 1. The van der Waals surface area contributed by atoms with Gasteiger partial charge in [0, 0.05) is 39.3 Å². The fourth-order valence-electron chi connectivity index (χ4n) is 3.31. The second kappa shape index (κ2) is 9.23. The molecule has 3 rings (SSSR count). The molecule has 1 fully saturated rings. The molecular weight excluding hydrogens is 356 g/mol. The number of rotatable bonds is 5. The molecule has 0 unspecified atom stereocenters. The Morgan fingerprint density at radius 2 is 1.75 bits per heavy atom. The number of methoxy groups -OCH3 is 1. The van der Waals surface area contributed by atoms with Crippen molar-refractivity contribution >= 4 is 17.5 Å². The van der Waals surface area contributed by atoms with Gasteiger partial charge in [0.05, 0.1) is 12.8 Å². The number of amides is 2. The molecule has 0 bridgehead atoms. The number of carbonyl (C=O) groups excluding carboxylic acids is 2. The van der Waals surface area contributed by atoms with Gasteiger partial charge in [0.25, 0.3) is 0 Å². The van der Waals surface area contributed by atoms with Crippen molar-refractivity contribution in [3.63, 3.8) is 0 Å². The van der Waals surface area contributed by atoms with Gasteiger partial charge in [-0.2, -0.15) is 0 Å². The third kappa shape index (κ3) is 4.61. The number of ether oxygens (including phenoxy) is 1. The quantitative estimate of drug-likeness (QED) is 0.757. The van der Waals surface area contributed by atoms with Gasteiger partial charge >= 0.3 is 11.8 Å². The van der Waals surface area contributed by atoms with Crippen LogP contribution in [0.3, 0.4) is 0 Å². The van der Waals surface area contributed by atoms with Gasteiger partial charge in [0.15, 0.2) is 0 Å². The summed E-state index contributed by atoms with van der Waals surface area (Å²) >= 11 is 0. The Labute approximate surface area is 165 Å². The smallest absolute Gasteiger partial charge is 0.312 e. The van der Waals surface area contributed by atoms with E-state index in [-0.39, 0.29) is 0 Å². The van der Waals surface area contributed by atoms with Crippen LogP contribution in [-0.4, -0.2) is 50.0 Å². The SMILES string of the molecule is COc1ccccc1N1CCN(C(=O)C(=O)NCc2cccc(CN)c2)CC1. The Morgan fingerprint density at radius 3 is 2.46 bits per heavy atom. The molecule has 0 atom stereocenters. The van der Waals surface area contributed by atoms with E-state index in [1.54, 1.807) is 12.0 Å². The molecule has 7 nitrogen and oxygen atoms in total. The molecule has 2 aromatic rings. The number of nitrogens with two attached hydrogens (primary N) is 1. The summed E-state index contributed by atoms with van der Waals surface area (Å²) in [5, 5.41) is 2.70. The molecule has 28 heavy (non-hydrogen) atoms. The maximum atomic E-state index is 12.5. The average Bonchev–Trinajstić information content (AvgIpc) is 2.77. The highest BCUT2D eigenvalue weighted by Crippen LogP contribution is 2.28. The highest BCUT2D eigenvalue weighted by Gasteiger charge is 2.26. The third-order valence-electron chi connectivity index (χ3n) is 4.87. The van der Waals surface area contributed by atoms with Crippen molar-refractivity contribution < 1.29 is 14.3 Å². The van der Waals surface area contributed by atoms with Crippen LogP contribution in [-0.2, 0) is 22.7 Å². The molecule has 2 aromatic carbocycles. The molecule has 148 valence electrons. The number of carbonyl (C=O) groups is 2. The van der Waals surface area contributed by atoms with Gasteiger partial charge in [-0.15, -0.1) is 0 Å². The van der Waals surface area contributed by atoms with E-state index >= 15 is 0 Å². The minimum absolute atomic E-state index is 0.305. The molecule has 0 radical (unpaired) electrons. The first-order chi connectivity index (χ1) is 13.6. The number of nitrogens with one attached hydrogen (secondary N) is 1. The summed E-state index contributed by atoms with van der Waals surface area (Å²) in [6, 6.07) is 15.4. The lowest BCUT2D eigenvalue weighted by Crippen LogP contribution is -2.52. The van der Waals surface area contributed by atoms with Crippen molar-refractivity contribution in [1.29, 1.82) is 0 Å². The van der Waals surface area contributed by atoms with Gasteiger partial charge in [0.2, 0.25) is 0 Å². The largest absolute Gasteiger partial charge is 0.495 e. The number of benzene rings is 2. The van der Waals surface area contributed by atoms with Crippen molar-refractivity contribution in [3.8, 4) is 5.75 Å². The molecule has 3 N–H and O–H groups in total. The molecule has 0 saturated carbocycles. The van der Waals surface area contributed by atoms with Crippen molar-refractivity contribution in [2.45, 2.75) is 13.1 Å². The lowest BCUT2D eigenvalue weighted by Gasteiger charge is -2.36. The predicted molar refractivity (Wildman–Crippen MR) is 108 cm³/mol. The molecule has 0 aliphatic carbocycles. The van der Waals surface area contributed by atoms with Gasteiger partial charge in [-0.25, -0.2) is 0 Å². The highest BCUT2D eigenvalue weighted by atomic mass is 16.5. The van der Waals surface area contributed by atoms with Crippen LogP contribution in [0.4, 0.5) is 5.69 Å². The number of nitrogens with zero attached hydrogens (tertiary/aromatic N) is 2. The zero-order valence-corrected chi connectivity index (χ0v) is 16.1. The summed E-state index contributed by atoms with van der Waals surface area (Å²) < 4.78 is 5.41. The minimum atomic E-state index is -0.580. The van der Waals surface area contributed by atoms with Gasteiger partial charge in [-0.1, -0.05) is 36.4 Å². The first-order valence-electron chi connectivity index (χ1n) is 9.35. The Bertz CT molecular complexity index is 832. The number of para-hydroxylation sites is 2. The first kappa shape index (κ1) is 19.7. The predicted octanol–water partition coefficient (Wildman–Crippen LogP) is 1.12. The summed E-state index contributed by atoms with van der Waals surface area (Å²) in [6.45, 7) is 3.03. The van der Waals surface area contributed by atoms with E-state index in [1.807, 2.05) is 48.5 Å². The molecule has 0 aromatic heterocycles. The Balaban J connectivity index is 1.52. The topological polar surface area (TPSA) is 87.9 Å². The summed E-state index contributed by atoms with van der Waals surface area (Å²) in [4.78, 5) is 28.5. The van der Waals surface area contributed by atoms with Crippen LogP contribution in [0, 0.1) is 0 Å². The third-order valence-corrected chi connectivity index (χ3v) is 4.87. The average molecular weight is 382 g/mol. The van der Waals surface area contributed by atoms with Crippen LogP contribution in [0.15, 0.2) is 48.5 Å². The van der Waals surface area contributed by atoms with E-state index in [0.717, 1.165) is 22.6 Å². The molecule has 2 amide bonds.